The third-order valence-electron chi connectivity index (χ3n) is 4.83. The largest absolute Gasteiger partial charge is 0.507 e. The number of phenolic OH excluding ortho intramolecular Hbond substituents is 1. The maximum absolute atomic E-state index is 12.8. The number of pyridine rings is 1. The van der Waals surface area contributed by atoms with Crippen LogP contribution in [-0.2, 0) is 6.18 Å². The van der Waals surface area contributed by atoms with Crippen molar-refractivity contribution in [2.24, 2.45) is 0 Å². The van der Waals surface area contributed by atoms with E-state index < -0.39 is 23.1 Å². The first-order valence-corrected chi connectivity index (χ1v) is 8.65. The Bertz CT molecular complexity index is 1050. The van der Waals surface area contributed by atoms with Crippen molar-refractivity contribution in [1.29, 1.82) is 0 Å². The summed E-state index contributed by atoms with van der Waals surface area (Å²) in [6.45, 7) is 1.75. The monoisotopic (exact) mass is 390 g/mol. The van der Waals surface area contributed by atoms with E-state index >= 15 is 0 Å². The lowest BCUT2D eigenvalue weighted by atomic mass is 9.77. The molecule has 1 saturated carbocycles. The summed E-state index contributed by atoms with van der Waals surface area (Å²) in [6.07, 6.45) is -1.86. The van der Waals surface area contributed by atoms with Gasteiger partial charge in [-0.1, -0.05) is 0 Å². The first-order valence-electron chi connectivity index (χ1n) is 8.65. The quantitative estimate of drug-likeness (QED) is 0.631. The zero-order chi connectivity index (χ0) is 20.1. The van der Waals surface area contributed by atoms with Gasteiger partial charge in [0.25, 0.3) is 0 Å². The van der Waals surface area contributed by atoms with Gasteiger partial charge in [0.1, 0.15) is 17.0 Å². The second kappa shape index (κ2) is 6.30. The van der Waals surface area contributed by atoms with Crippen molar-refractivity contribution in [3.63, 3.8) is 0 Å². The summed E-state index contributed by atoms with van der Waals surface area (Å²) < 4.78 is 38.5. The van der Waals surface area contributed by atoms with Gasteiger partial charge in [-0.05, 0) is 50.1 Å². The summed E-state index contributed by atoms with van der Waals surface area (Å²) in [5.41, 5.74) is -0.796. The number of aliphatic hydroxyl groups is 1. The third-order valence-corrected chi connectivity index (χ3v) is 4.83. The van der Waals surface area contributed by atoms with Crippen molar-refractivity contribution in [1.82, 2.24) is 15.2 Å². The minimum Gasteiger partial charge on any atom is -0.507 e. The smallest absolute Gasteiger partial charge is 0.416 e. The second-order valence-electron chi connectivity index (χ2n) is 7.27. The number of benzene rings is 1. The van der Waals surface area contributed by atoms with Crippen LogP contribution >= 0.6 is 0 Å². The third kappa shape index (κ3) is 3.33. The summed E-state index contributed by atoms with van der Waals surface area (Å²) >= 11 is 0. The molecule has 28 heavy (non-hydrogen) atoms. The van der Waals surface area contributed by atoms with Gasteiger partial charge in [0.15, 0.2) is 5.82 Å². The van der Waals surface area contributed by atoms with Crippen LogP contribution in [0.3, 0.4) is 0 Å². The van der Waals surface area contributed by atoms with Crippen LogP contribution in [0, 0.1) is 0 Å². The average molecular weight is 390 g/mol. The Morgan fingerprint density at radius 1 is 1.18 bits per heavy atom. The Morgan fingerprint density at radius 2 is 1.93 bits per heavy atom. The molecule has 1 aliphatic rings. The maximum atomic E-state index is 12.8. The van der Waals surface area contributed by atoms with E-state index in [4.69, 9.17) is 0 Å². The van der Waals surface area contributed by atoms with Gasteiger partial charge in [0.05, 0.1) is 11.2 Å². The molecule has 1 fully saturated rings. The predicted molar refractivity (Wildman–Crippen MR) is 96.7 cm³/mol. The Hall–Kier alpha value is -2.94. The van der Waals surface area contributed by atoms with E-state index in [9.17, 15) is 23.4 Å². The van der Waals surface area contributed by atoms with Crippen molar-refractivity contribution in [3.05, 3.63) is 42.1 Å². The summed E-state index contributed by atoms with van der Waals surface area (Å²) in [4.78, 5) is 4.31. The molecular weight excluding hydrogens is 373 g/mol. The fourth-order valence-corrected chi connectivity index (χ4v) is 3.49. The Morgan fingerprint density at radius 3 is 2.57 bits per heavy atom. The number of alkyl halides is 3. The molecule has 9 heteroatoms. The number of aromatic hydroxyl groups is 1. The number of nitrogens with one attached hydrogen (secondary N) is 1. The van der Waals surface area contributed by atoms with Crippen molar-refractivity contribution in [3.8, 4) is 17.0 Å². The van der Waals surface area contributed by atoms with E-state index in [1.165, 1.54) is 6.07 Å². The van der Waals surface area contributed by atoms with Crippen molar-refractivity contribution in [2.45, 2.75) is 37.6 Å². The van der Waals surface area contributed by atoms with Crippen LogP contribution in [0.5, 0.6) is 5.75 Å². The first kappa shape index (κ1) is 18.4. The van der Waals surface area contributed by atoms with Crippen LogP contribution in [0.4, 0.5) is 19.0 Å². The van der Waals surface area contributed by atoms with E-state index in [1.54, 1.807) is 25.3 Å². The number of hydrogen-bond donors (Lipinski definition) is 3. The molecule has 1 aliphatic carbocycles. The van der Waals surface area contributed by atoms with Gasteiger partial charge in [-0.15, -0.1) is 10.2 Å². The average Bonchev–Trinajstić information content (AvgIpc) is 2.60. The number of aromatic nitrogens is 3. The van der Waals surface area contributed by atoms with E-state index in [0.717, 1.165) is 6.07 Å². The molecule has 0 bridgehead atoms. The molecule has 146 valence electrons. The number of halogens is 3. The minimum absolute atomic E-state index is 0.0276. The molecule has 3 N–H and O–H groups in total. The van der Waals surface area contributed by atoms with Crippen molar-refractivity contribution < 1.29 is 23.4 Å². The number of fused-ring (bicyclic) bond motifs is 1. The topological polar surface area (TPSA) is 91.2 Å². The van der Waals surface area contributed by atoms with Crippen molar-refractivity contribution >= 4 is 16.7 Å². The highest BCUT2D eigenvalue weighted by atomic mass is 19.4. The molecule has 0 amide bonds. The molecule has 0 atom stereocenters. The molecular formula is C19H17F3N4O2. The van der Waals surface area contributed by atoms with Gasteiger partial charge >= 0.3 is 6.18 Å². The molecule has 6 nitrogen and oxygen atoms in total. The molecule has 0 saturated heterocycles. The highest BCUT2D eigenvalue weighted by molar-refractivity contribution is 5.98. The molecule has 0 unspecified atom stereocenters. The molecule has 3 aromatic rings. The number of rotatable bonds is 3. The van der Waals surface area contributed by atoms with Gasteiger partial charge in [-0.2, -0.15) is 13.2 Å². The molecule has 1 aromatic carbocycles. The van der Waals surface area contributed by atoms with Crippen LogP contribution in [0.15, 0.2) is 36.5 Å². The van der Waals surface area contributed by atoms with Crippen LogP contribution in [-0.4, -0.2) is 37.0 Å². The lowest BCUT2D eigenvalue weighted by Gasteiger charge is -2.41. The Kier molecular flexibility index (Phi) is 4.15. The van der Waals surface area contributed by atoms with E-state index in [1.807, 2.05) is 0 Å². The van der Waals surface area contributed by atoms with Crippen LogP contribution in [0.25, 0.3) is 22.2 Å². The lowest BCUT2D eigenvalue weighted by Crippen LogP contribution is -2.48. The number of phenols is 1. The second-order valence-corrected chi connectivity index (χ2v) is 7.27. The summed E-state index contributed by atoms with van der Waals surface area (Å²) in [5.74, 6) is -0.115. The summed E-state index contributed by atoms with van der Waals surface area (Å²) in [7, 11) is 0. The predicted octanol–water partition coefficient (Wildman–Crippen LogP) is 3.74. The van der Waals surface area contributed by atoms with Gasteiger partial charge in [0, 0.05) is 23.2 Å². The highest BCUT2D eigenvalue weighted by Crippen LogP contribution is 2.39. The zero-order valence-corrected chi connectivity index (χ0v) is 14.8. The fraction of sp³-hybridized carbons (Fsp3) is 0.316. The summed E-state index contributed by atoms with van der Waals surface area (Å²) in [5, 5.41) is 32.0. The molecule has 4 rings (SSSR count). The molecule has 0 spiro atoms. The van der Waals surface area contributed by atoms with Gasteiger partial charge in [-0.25, -0.2) is 0 Å². The number of hydrogen-bond acceptors (Lipinski definition) is 6. The minimum atomic E-state index is -4.55. The normalized spacial score (nSPS) is 22.1. The van der Waals surface area contributed by atoms with Crippen LogP contribution < -0.4 is 5.32 Å². The summed E-state index contributed by atoms with van der Waals surface area (Å²) in [6, 6.07) is 6.15. The van der Waals surface area contributed by atoms with Gasteiger partial charge in [0.2, 0.25) is 0 Å². The first-order chi connectivity index (χ1) is 13.1. The standard InChI is InChI=1S/C19H17F3N4O2/c1-18(28)8-11(9-18)24-17-16-13(3-2-6-23-16)15(25-26-17)12-5-4-10(7-14(12)27)19(20,21)22/h2-7,11,27-28H,8-9H2,1H3,(H,24,26). The van der Waals surface area contributed by atoms with Crippen molar-refractivity contribution in [2.75, 3.05) is 5.32 Å². The fourth-order valence-electron chi connectivity index (χ4n) is 3.49. The van der Waals surface area contributed by atoms with E-state index in [2.05, 4.69) is 20.5 Å². The van der Waals surface area contributed by atoms with Gasteiger partial charge < -0.3 is 15.5 Å². The van der Waals surface area contributed by atoms with E-state index in [-0.39, 0.29) is 17.3 Å². The van der Waals surface area contributed by atoms with E-state index in [0.29, 0.717) is 35.6 Å². The Labute approximate surface area is 158 Å². The molecule has 0 aliphatic heterocycles. The lowest BCUT2D eigenvalue weighted by molar-refractivity contribution is -0.137. The number of anilines is 1. The number of nitrogens with zero attached hydrogens (tertiary/aromatic N) is 3. The molecule has 2 aromatic heterocycles. The van der Waals surface area contributed by atoms with Gasteiger partial charge in [-0.3, -0.25) is 4.98 Å². The SMILES string of the molecule is CC1(O)CC(Nc2nnc(-c3ccc(C(F)(F)F)cc3O)c3cccnc23)C1. The van der Waals surface area contributed by atoms with Crippen LogP contribution in [0.1, 0.15) is 25.3 Å². The maximum Gasteiger partial charge on any atom is 0.416 e. The van der Waals surface area contributed by atoms with Crippen LogP contribution in [0.2, 0.25) is 0 Å². The molecule has 0 radical (unpaired) electrons. The highest BCUT2D eigenvalue weighted by Gasteiger charge is 2.39. The zero-order valence-electron chi connectivity index (χ0n) is 14.8. The molecule has 2 heterocycles. The Balaban J connectivity index is 1.74.